The Balaban J connectivity index is 1.70. The van der Waals surface area contributed by atoms with Gasteiger partial charge in [-0.25, -0.2) is 0 Å². The van der Waals surface area contributed by atoms with E-state index in [9.17, 15) is 4.79 Å². The molecule has 0 aromatic heterocycles. The highest BCUT2D eigenvalue weighted by Crippen LogP contribution is 2.32. The largest absolute Gasteiger partial charge is 0.352 e. The summed E-state index contributed by atoms with van der Waals surface area (Å²) >= 11 is 0. The third kappa shape index (κ3) is 3.35. The lowest BCUT2D eigenvalue weighted by molar-refractivity contribution is -0.129. The highest BCUT2D eigenvalue weighted by atomic mass is 16.2. The fourth-order valence-corrected chi connectivity index (χ4v) is 3.67. The Kier molecular flexibility index (Phi) is 4.53. The van der Waals surface area contributed by atoms with Crippen LogP contribution in [-0.2, 0) is 17.8 Å². The molecule has 1 saturated carbocycles. The van der Waals surface area contributed by atoms with Gasteiger partial charge in [0, 0.05) is 19.1 Å². The molecule has 120 valence electrons. The lowest BCUT2D eigenvalue weighted by Crippen LogP contribution is -2.53. The summed E-state index contributed by atoms with van der Waals surface area (Å²) in [6.07, 6.45) is 3.58. The molecule has 22 heavy (non-hydrogen) atoms. The molecule has 1 heterocycles. The summed E-state index contributed by atoms with van der Waals surface area (Å²) in [7, 11) is 0. The SMILES string of the molecule is CC(C)[C@@H](C(=O)N[C@@H](C)C1CC1)N1CCc2ccccc2C1. The Hall–Kier alpha value is -1.35. The minimum atomic E-state index is -0.0189. The third-order valence-corrected chi connectivity index (χ3v) is 5.15. The summed E-state index contributed by atoms with van der Waals surface area (Å²) in [4.78, 5) is 15.1. The normalized spacial score (nSPS) is 21.3. The van der Waals surface area contributed by atoms with Crippen LogP contribution in [0.1, 0.15) is 44.7 Å². The van der Waals surface area contributed by atoms with Crippen molar-refractivity contribution in [3.63, 3.8) is 0 Å². The number of rotatable bonds is 5. The minimum absolute atomic E-state index is 0.0189. The molecule has 1 aliphatic heterocycles. The Morgan fingerprint density at radius 1 is 1.18 bits per heavy atom. The maximum Gasteiger partial charge on any atom is 0.237 e. The minimum Gasteiger partial charge on any atom is -0.352 e. The van der Waals surface area contributed by atoms with Crippen molar-refractivity contribution in [1.82, 2.24) is 10.2 Å². The Labute approximate surface area is 134 Å². The summed E-state index contributed by atoms with van der Waals surface area (Å²) in [5, 5.41) is 3.26. The number of hydrogen-bond acceptors (Lipinski definition) is 2. The third-order valence-electron chi connectivity index (χ3n) is 5.15. The molecule has 1 fully saturated rings. The lowest BCUT2D eigenvalue weighted by atomic mass is 9.94. The van der Waals surface area contributed by atoms with Gasteiger partial charge in [0.1, 0.15) is 0 Å². The van der Waals surface area contributed by atoms with Gasteiger partial charge in [-0.3, -0.25) is 9.69 Å². The fourth-order valence-electron chi connectivity index (χ4n) is 3.67. The zero-order valence-electron chi connectivity index (χ0n) is 14.0. The van der Waals surface area contributed by atoms with Gasteiger partial charge >= 0.3 is 0 Å². The predicted molar refractivity (Wildman–Crippen MR) is 89.5 cm³/mol. The van der Waals surface area contributed by atoms with Crippen LogP contribution in [0.25, 0.3) is 0 Å². The number of fused-ring (bicyclic) bond motifs is 1. The van der Waals surface area contributed by atoms with Gasteiger partial charge in [-0.2, -0.15) is 0 Å². The fraction of sp³-hybridized carbons (Fsp3) is 0.632. The molecular formula is C19H28N2O. The van der Waals surface area contributed by atoms with E-state index in [1.807, 2.05) is 0 Å². The molecule has 0 saturated heterocycles. The van der Waals surface area contributed by atoms with Crippen molar-refractivity contribution in [3.05, 3.63) is 35.4 Å². The number of carbonyl (C=O) groups excluding carboxylic acids is 1. The van der Waals surface area contributed by atoms with Crippen LogP contribution in [0.3, 0.4) is 0 Å². The molecule has 3 nitrogen and oxygen atoms in total. The number of nitrogens with zero attached hydrogens (tertiary/aromatic N) is 1. The van der Waals surface area contributed by atoms with Gasteiger partial charge in [0.2, 0.25) is 5.91 Å². The van der Waals surface area contributed by atoms with Crippen LogP contribution in [0, 0.1) is 11.8 Å². The summed E-state index contributed by atoms with van der Waals surface area (Å²) in [6.45, 7) is 8.34. The van der Waals surface area contributed by atoms with E-state index in [1.54, 1.807) is 0 Å². The molecule has 3 heteroatoms. The smallest absolute Gasteiger partial charge is 0.237 e. The molecule has 2 aliphatic rings. The maximum atomic E-state index is 12.8. The van der Waals surface area contributed by atoms with Crippen LogP contribution in [0.4, 0.5) is 0 Å². The highest BCUT2D eigenvalue weighted by Gasteiger charge is 2.34. The Bertz CT molecular complexity index is 536. The molecule has 0 unspecified atom stereocenters. The standard InChI is InChI=1S/C19H28N2O/c1-13(2)18(19(22)20-14(3)15-8-9-15)21-11-10-16-6-4-5-7-17(16)12-21/h4-7,13-15,18H,8-12H2,1-3H3,(H,20,22)/t14-,18-/m0/s1. The molecule has 3 rings (SSSR count). The maximum absolute atomic E-state index is 12.8. The monoisotopic (exact) mass is 300 g/mol. The lowest BCUT2D eigenvalue weighted by Gasteiger charge is -2.37. The quantitative estimate of drug-likeness (QED) is 0.906. The van der Waals surface area contributed by atoms with Crippen molar-refractivity contribution in [1.29, 1.82) is 0 Å². The van der Waals surface area contributed by atoms with E-state index >= 15 is 0 Å². The topological polar surface area (TPSA) is 32.3 Å². The number of nitrogens with one attached hydrogen (secondary N) is 1. The molecule has 1 aromatic rings. The van der Waals surface area contributed by atoms with E-state index < -0.39 is 0 Å². The van der Waals surface area contributed by atoms with Crippen molar-refractivity contribution in [2.45, 2.75) is 58.7 Å². The van der Waals surface area contributed by atoms with Crippen molar-refractivity contribution in [2.24, 2.45) is 11.8 Å². The molecule has 0 bridgehead atoms. The number of hydrogen-bond donors (Lipinski definition) is 1. The predicted octanol–water partition coefficient (Wildman–Crippen LogP) is 2.98. The molecule has 1 amide bonds. The number of carbonyl (C=O) groups is 1. The second-order valence-corrected chi connectivity index (χ2v) is 7.31. The van der Waals surface area contributed by atoms with Crippen LogP contribution >= 0.6 is 0 Å². The van der Waals surface area contributed by atoms with Crippen LogP contribution in [-0.4, -0.2) is 29.4 Å². The molecule has 1 N–H and O–H groups in total. The van der Waals surface area contributed by atoms with Crippen molar-refractivity contribution in [2.75, 3.05) is 6.54 Å². The Morgan fingerprint density at radius 2 is 1.86 bits per heavy atom. The number of amides is 1. The van der Waals surface area contributed by atoms with Gasteiger partial charge in [-0.15, -0.1) is 0 Å². The summed E-state index contributed by atoms with van der Waals surface area (Å²) in [5.74, 6) is 1.25. The second kappa shape index (κ2) is 6.41. The van der Waals surface area contributed by atoms with Crippen LogP contribution in [0.2, 0.25) is 0 Å². The highest BCUT2D eigenvalue weighted by molar-refractivity contribution is 5.82. The first-order valence-electron chi connectivity index (χ1n) is 8.67. The molecule has 0 spiro atoms. The van der Waals surface area contributed by atoms with E-state index in [0.29, 0.717) is 17.9 Å². The van der Waals surface area contributed by atoms with Crippen LogP contribution in [0.15, 0.2) is 24.3 Å². The first-order chi connectivity index (χ1) is 10.6. The zero-order chi connectivity index (χ0) is 15.7. The van der Waals surface area contributed by atoms with E-state index in [-0.39, 0.29) is 11.9 Å². The summed E-state index contributed by atoms with van der Waals surface area (Å²) in [5.41, 5.74) is 2.82. The van der Waals surface area contributed by atoms with Gasteiger partial charge in [-0.1, -0.05) is 38.1 Å². The van der Waals surface area contributed by atoms with Gasteiger partial charge < -0.3 is 5.32 Å². The Morgan fingerprint density at radius 3 is 2.50 bits per heavy atom. The van der Waals surface area contributed by atoms with Crippen molar-refractivity contribution in [3.8, 4) is 0 Å². The van der Waals surface area contributed by atoms with Gasteiger partial charge in [0.15, 0.2) is 0 Å². The van der Waals surface area contributed by atoms with Crippen molar-refractivity contribution < 1.29 is 4.79 Å². The van der Waals surface area contributed by atoms with Gasteiger partial charge in [0.25, 0.3) is 0 Å². The molecular weight excluding hydrogens is 272 g/mol. The van der Waals surface area contributed by atoms with E-state index in [2.05, 4.69) is 55.3 Å². The molecule has 2 atom stereocenters. The van der Waals surface area contributed by atoms with Crippen LogP contribution < -0.4 is 5.32 Å². The summed E-state index contributed by atoms with van der Waals surface area (Å²) < 4.78 is 0. The first-order valence-corrected chi connectivity index (χ1v) is 8.67. The second-order valence-electron chi connectivity index (χ2n) is 7.31. The molecule has 1 aliphatic carbocycles. The van der Waals surface area contributed by atoms with Gasteiger partial charge in [-0.05, 0) is 49.1 Å². The molecule has 1 aromatic carbocycles. The van der Waals surface area contributed by atoms with Crippen LogP contribution in [0.5, 0.6) is 0 Å². The van der Waals surface area contributed by atoms with E-state index in [1.165, 1.54) is 24.0 Å². The first kappa shape index (κ1) is 15.5. The van der Waals surface area contributed by atoms with E-state index in [0.717, 1.165) is 19.5 Å². The average Bonchev–Trinajstić information content (AvgIpc) is 3.31. The van der Waals surface area contributed by atoms with Gasteiger partial charge in [0.05, 0.1) is 6.04 Å². The van der Waals surface area contributed by atoms with Crippen molar-refractivity contribution >= 4 is 5.91 Å². The number of benzene rings is 1. The zero-order valence-corrected chi connectivity index (χ0v) is 14.0. The molecule has 0 radical (unpaired) electrons. The average molecular weight is 300 g/mol. The van der Waals surface area contributed by atoms with E-state index in [4.69, 9.17) is 0 Å². The summed E-state index contributed by atoms with van der Waals surface area (Å²) in [6, 6.07) is 8.93.